The smallest absolute Gasteiger partial charge is 0.388 e. The monoisotopic (exact) mass is 271 g/mol. The van der Waals surface area contributed by atoms with Crippen LogP contribution in [-0.4, -0.2) is 17.3 Å². The van der Waals surface area contributed by atoms with Crippen LogP contribution in [0.4, 0.5) is 17.6 Å². The average Bonchev–Trinajstić information content (AvgIpc) is 2.15. The van der Waals surface area contributed by atoms with Gasteiger partial charge in [0.25, 0.3) is 0 Å². The molecule has 0 unspecified atom stereocenters. The van der Waals surface area contributed by atoms with E-state index in [1.165, 1.54) is 12.1 Å². The topological polar surface area (TPSA) is 46.2 Å². The maximum Gasteiger partial charge on any atom is 0.403 e. The summed E-state index contributed by atoms with van der Waals surface area (Å²) in [7, 11) is 0. The van der Waals surface area contributed by atoms with Gasteiger partial charge in [-0.2, -0.15) is 13.2 Å². The van der Waals surface area contributed by atoms with Crippen molar-refractivity contribution in [3.8, 4) is 0 Å². The standard InChI is InChI=1S/C10H10ClF4NO/c11-5-2-1-3-6(12)9(5)7(17)4-8(16)10(13,14)15/h1-3,7-8,17H,4,16H2/t7-,8-/m0/s1. The Labute approximate surface area is 100.0 Å². The highest BCUT2D eigenvalue weighted by atomic mass is 35.5. The van der Waals surface area contributed by atoms with Crippen LogP contribution in [0.2, 0.25) is 5.02 Å². The zero-order valence-electron chi connectivity index (χ0n) is 8.51. The first-order valence-corrected chi connectivity index (χ1v) is 5.05. The largest absolute Gasteiger partial charge is 0.403 e. The summed E-state index contributed by atoms with van der Waals surface area (Å²) in [4.78, 5) is 0. The Bertz CT molecular complexity index is 376. The second kappa shape index (κ2) is 5.20. The fraction of sp³-hybridized carbons (Fsp3) is 0.400. The zero-order chi connectivity index (χ0) is 13.2. The van der Waals surface area contributed by atoms with Gasteiger partial charge in [-0.25, -0.2) is 4.39 Å². The highest BCUT2D eigenvalue weighted by molar-refractivity contribution is 6.31. The van der Waals surface area contributed by atoms with Crippen molar-refractivity contribution in [1.29, 1.82) is 0 Å². The number of hydrogen-bond donors (Lipinski definition) is 2. The molecule has 0 aliphatic carbocycles. The molecule has 2 atom stereocenters. The molecule has 96 valence electrons. The molecule has 7 heteroatoms. The summed E-state index contributed by atoms with van der Waals surface area (Å²) < 4.78 is 49.8. The van der Waals surface area contributed by atoms with E-state index in [1.807, 2.05) is 0 Å². The van der Waals surface area contributed by atoms with Crippen LogP contribution in [0, 0.1) is 5.82 Å². The van der Waals surface area contributed by atoms with E-state index in [9.17, 15) is 22.7 Å². The Morgan fingerprint density at radius 2 is 1.94 bits per heavy atom. The predicted octanol–water partition coefficient (Wildman–Crippen LogP) is 2.79. The van der Waals surface area contributed by atoms with E-state index < -0.39 is 30.6 Å². The second-order valence-electron chi connectivity index (χ2n) is 3.53. The summed E-state index contributed by atoms with van der Waals surface area (Å²) in [6.07, 6.45) is -7.18. The molecule has 0 bridgehead atoms. The molecule has 0 aliphatic heterocycles. The number of halogens is 5. The van der Waals surface area contributed by atoms with Crippen molar-refractivity contribution in [3.63, 3.8) is 0 Å². The molecule has 0 spiro atoms. The Balaban J connectivity index is 2.87. The van der Waals surface area contributed by atoms with Crippen LogP contribution in [0.1, 0.15) is 18.1 Å². The van der Waals surface area contributed by atoms with E-state index in [0.29, 0.717) is 0 Å². The molecule has 1 rings (SSSR count). The summed E-state index contributed by atoms with van der Waals surface area (Å²) in [5.74, 6) is -0.862. The van der Waals surface area contributed by atoms with E-state index in [1.54, 1.807) is 0 Å². The highest BCUT2D eigenvalue weighted by Crippen LogP contribution is 2.31. The third kappa shape index (κ3) is 3.55. The quantitative estimate of drug-likeness (QED) is 0.831. The zero-order valence-corrected chi connectivity index (χ0v) is 9.26. The van der Waals surface area contributed by atoms with Crippen LogP contribution in [0.25, 0.3) is 0 Å². The van der Waals surface area contributed by atoms with Gasteiger partial charge in [-0.1, -0.05) is 17.7 Å². The maximum atomic E-state index is 13.3. The van der Waals surface area contributed by atoms with Crippen molar-refractivity contribution in [2.45, 2.75) is 24.7 Å². The number of hydrogen-bond acceptors (Lipinski definition) is 2. The molecule has 0 heterocycles. The Hall–Kier alpha value is -0.850. The van der Waals surface area contributed by atoms with E-state index in [4.69, 9.17) is 17.3 Å². The third-order valence-electron chi connectivity index (χ3n) is 2.23. The van der Waals surface area contributed by atoms with Gasteiger partial charge in [0.05, 0.1) is 6.10 Å². The molecule has 1 aromatic carbocycles. The minimum atomic E-state index is -4.64. The van der Waals surface area contributed by atoms with Gasteiger partial charge in [0.2, 0.25) is 0 Å². The van der Waals surface area contributed by atoms with Crippen LogP contribution in [0.5, 0.6) is 0 Å². The van der Waals surface area contributed by atoms with E-state index in [-0.39, 0.29) is 10.6 Å². The number of alkyl halides is 3. The lowest BCUT2D eigenvalue weighted by Crippen LogP contribution is -2.38. The van der Waals surface area contributed by atoms with Gasteiger partial charge < -0.3 is 10.8 Å². The number of aliphatic hydroxyl groups excluding tert-OH is 1. The molecule has 0 saturated heterocycles. The lowest BCUT2D eigenvalue weighted by atomic mass is 10.0. The SMILES string of the molecule is N[C@@H](C[C@H](O)c1c(F)cccc1Cl)C(F)(F)F. The van der Waals surface area contributed by atoms with Crippen LogP contribution < -0.4 is 5.73 Å². The molecule has 0 aromatic heterocycles. The van der Waals surface area contributed by atoms with E-state index in [0.717, 1.165) is 6.07 Å². The van der Waals surface area contributed by atoms with Crippen molar-refractivity contribution in [3.05, 3.63) is 34.6 Å². The molecule has 3 N–H and O–H groups in total. The Kier molecular flexibility index (Phi) is 4.35. The van der Waals surface area contributed by atoms with E-state index in [2.05, 4.69) is 0 Å². The van der Waals surface area contributed by atoms with Gasteiger partial charge in [-0.3, -0.25) is 0 Å². The number of rotatable bonds is 3. The molecule has 0 amide bonds. The Morgan fingerprint density at radius 3 is 2.41 bits per heavy atom. The summed E-state index contributed by atoms with van der Waals surface area (Å²) in [6.45, 7) is 0. The van der Waals surface area contributed by atoms with Crippen molar-refractivity contribution >= 4 is 11.6 Å². The highest BCUT2D eigenvalue weighted by Gasteiger charge is 2.38. The molecule has 0 aliphatic rings. The minimum Gasteiger partial charge on any atom is -0.388 e. The van der Waals surface area contributed by atoms with Crippen molar-refractivity contribution in [2.75, 3.05) is 0 Å². The average molecular weight is 272 g/mol. The normalized spacial score (nSPS) is 15.7. The van der Waals surface area contributed by atoms with Gasteiger partial charge in [-0.05, 0) is 12.1 Å². The summed E-state index contributed by atoms with van der Waals surface area (Å²) in [5, 5.41) is 9.38. The van der Waals surface area contributed by atoms with Crippen LogP contribution in [-0.2, 0) is 0 Å². The number of nitrogens with two attached hydrogens (primary N) is 1. The summed E-state index contributed by atoms with van der Waals surface area (Å²) in [5.41, 5.74) is 4.47. The first-order chi connectivity index (χ1) is 7.73. The van der Waals surface area contributed by atoms with Gasteiger partial charge in [0, 0.05) is 17.0 Å². The van der Waals surface area contributed by atoms with E-state index >= 15 is 0 Å². The molecular formula is C10H10ClF4NO. The molecule has 0 fully saturated rings. The lowest BCUT2D eigenvalue weighted by Gasteiger charge is -2.20. The van der Waals surface area contributed by atoms with Crippen LogP contribution >= 0.6 is 11.6 Å². The number of benzene rings is 1. The predicted molar refractivity (Wildman–Crippen MR) is 55.0 cm³/mol. The summed E-state index contributed by atoms with van der Waals surface area (Å²) in [6, 6.07) is 1.34. The molecule has 1 aromatic rings. The maximum absolute atomic E-state index is 13.3. The molecule has 17 heavy (non-hydrogen) atoms. The molecule has 2 nitrogen and oxygen atoms in total. The first-order valence-electron chi connectivity index (χ1n) is 4.67. The van der Waals surface area contributed by atoms with Crippen LogP contribution in [0.3, 0.4) is 0 Å². The lowest BCUT2D eigenvalue weighted by molar-refractivity contribution is -0.154. The summed E-state index contributed by atoms with van der Waals surface area (Å²) >= 11 is 5.60. The Morgan fingerprint density at radius 1 is 1.35 bits per heavy atom. The fourth-order valence-electron chi connectivity index (χ4n) is 1.32. The molecular weight excluding hydrogens is 262 g/mol. The first kappa shape index (κ1) is 14.2. The third-order valence-corrected chi connectivity index (χ3v) is 2.56. The fourth-order valence-corrected chi connectivity index (χ4v) is 1.61. The van der Waals surface area contributed by atoms with Crippen molar-refractivity contribution in [1.82, 2.24) is 0 Å². The van der Waals surface area contributed by atoms with Gasteiger partial charge in [0.15, 0.2) is 0 Å². The van der Waals surface area contributed by atoms with Crippen LogP contribution in [0.15, 0.2) is 18.2 Å². The number of aliphatic hydroxyl groups is 1. The second-order valence-corrected chi connectivity index (χ2v) is 3.94. The minimum absolute atomic E-state index is 0.133. The van der Waals surface area contributed by atoms with Crippen molar-refractivity contribution in [2.24, 2.45) is 5.73 Å². The molecule has 0 radical (unpaired) electrons. The van der Waals surface area contributed by atoms with Gasteiger partial charge in [-0.15, -0.1) is 0 Å². The molecule has 0 saturated carbocycles. The van der Waals surface area contributed by atoms with Crippen molar-refractivity contribution < 1.29 is 22.7 Å². The van der Waals surface area contributed by atoms with Gasteiger partial charge in [0.1, 0.15) is 11.9 Å². The van der Waals surface area contributed by atoms with Gasteiger partial charge >= 0.3 is 6.18 Å².